The van der Waals surface area contributed by atoms with Gasteiger partial charge in [0.2, 0.25) is 0 Å². The van der Waals surface area contributed by atoms with Gasteiger partial charge in [-0.25, -0.2) is 10.3 Å². The highest BCUT2D eigenvalue weighted by molar-refractivity contribution is 6.63. The summed E-state index contributed by atoms with van der Waals surface area (Å²) in [6.07, 6.45) is 0. The first-order chi connectivity index (χ1) is 4.63. The highest BCUT2D eigenvalue weighted by atomic mass is 16.5. The molecule has 4 N–H and O–H groups in total. The van der Waals surface area contributed by atoms with Crippen LogP contribution in [0.3, 0.4) is 0 Å². The molecule has 0 heterocycles. The Morgan fingerprint density at radius 2 is 1.90 bits per heavy atom. The predicted molar refractivity (Wildman–Crippen MR) is 26.8 cm³/mol. The summed E-state index contributed by atoms with van der Waals surface area (Å²) in [5.41, 5.74) is -0.191. The molecule has 0 aliphatic rings. The molecule has 0 aromatic rings. The molecule has 0 spiro atoms. The third-order valence-corrected chi connectivity index (χ3v) is 0.619. The smallest absolute Gasteiger partial charge is 0.363 e. The molecule has 0 bridgehead atoms. The fourth-order valence-corrected chi connectivity index (χ4v) is 0.238. The lowest BCUT2D eigenvalue weighted by Gasteiger charge is -1.93. The van der Waals surface area contributed by atoms with Crippen molar-refractivity contribution in [1.82, 2.24) is 5.48 Å². The van der Waals surface area contributed by atoms with E-state index in [1.54, 1.807) is 0 Å². The van der Waals surface area contributed by atoms with Gasteiger partial charge in [0.15, 0.2) is 0 Å². The zero-order valence-electron chi connectivity index (χ0n) is 4.61. The Hall–Kier alpha value is -1.63. The number of oxime groups is 1. The lowest BCUT2D eigenvalue weighted by atomic mass is 10.4. The first-order valence-corrected chi connectivity index (χ1v) is 2.03. The Kier molecular flexibility index (Phi) is 2.85. The Morgan fingerprint density at radius 3 is 2.00 bits per heavy atom. The van der Waals surface area contributed by atoms with E-state index in [0.29, 0.717) is 0 Å². The fourth-order valence-electron chi connectivity index (χ4n) is 0.238. The molecule has 0 unspecified atom stereocenters. The molecular weight excluding hydrogens is 144 g/mol. The monoisotopic (exact) mass is 148 g/mol. The number of hydrogen-bond acceptors (Lipinski definition) is 5. The van der Waals surface area contributed by atoms with Gasteiger partial charge >= 0.3 is 11.9 Å². The van der Waals surface area contributed by atoms with Crippen molar-refractivity contribution in [2.24, 2.45) is 5.16 Å². The summed E-state index contributed by atoms with van der Waals surface area (Å²) >= 11 is 0. The Morgan fingerprint density at radius 1 is 1.40 bits per heavy atom. The van der Waals surface area contributed by atoms with Crippen LogP contribution in [0.2, 0.25) is 0 Å². The van der Waals surface area contributed by atoms with E-state index in [1.807, 2.05) is 0 Å². The SMILES string of the molecule is O=C(O)/C(=N/O)C(=O)NO. The summed E-state index contributed by atoms with van der Waals surface area (Å²) in [4.78, 5) is 20.0. The van der Waals surface area contributed by atoms with Crippen molar-refractivity contribution in [2.45, 2.75) is 0 Å². The second kappa shape index (κ2) is 3.41. The van der Waals surface area contributed by atoms with Crippen LogP contribution in [-0.2, 0) is 9.59 Å². The van der Waals surface area contributed by atoms with Crippen molar-refractivity contribution in [3.63, 3.8) is 0 Å². The minimum atomic E-state index is -1.73. The van der Waals surface area contributed by atoms with E-state index in [1.165, 1.54) is 0 Å². The van der Waals surface area contributed by atoms with E-state index in [9.17, 15) is 9.59 Å². The molecule has 0 atom stereocenters. The molecule has 7 heteroatoms. The maximum absolute atomic E-state index is 10.2. The van der Waals surface area contributed by atoms with Crippen LogP contribution >= 0.6 is 0 Å². The first kappa shape index (κ1) is 8.37. The maximum atomic E-state index is 10.2. The van der Waals surface area contributed by atoms with Crippen molar-refractivity contribution in [1.29, 1.82) is 0 Å². The van der Waals surface area contributed by atoms with Crippen LogP contribution in [0.25, 0.3) is 0 Å². The van der Waals surface area contributed by atoms with Gasteiger partial charge in [-0.3, -0.25) is 10.0 Å². The van der Waals surface area contributed by atoms with E-state index in [0.717, 1.165) is 5.48 Å². The number of amides is 1. The molecule has 0 aromatic carbocycles. The average molecular weight is 148 g/mol. The average Bonchev–Trinajstić information content (AvgIpc) is 1.88. The summed E-state index contributed by atoms with van der Waals surface area (Å²) in [5.74, 6) is -3.11. The lowest BCUT2D eigenvalue weighted by Crippen LogP contribution is -2.33. The zero-order chi connectivity index (χ0) is 8.15. The van der Waals surface area contributed by atoms with E-state index in [4.69, 9.17) is 15.5 Å². The van der Waals surface area contributed by atoms with Gasteiger partial charge < -0.3 is 10.3 Å². The van der Waals surface area contributed by atoms with Crippen molar-refractivity contribution in [3.8, 4) is 0 Å². The summed E-state index contributed by atoms with van der Waals surface area (Å²) in [7, 11) is 0. The normalized spacial score (nSPS) is 10.7. The third-order valence-electron chi connectivity index (χ3n) is 0.619. The Bertz CT molecular complexity index is 185. The molecule has 7 nitrogen and oxygen atoms in total. The van der Waals surface area contributed by atoms with Gasteiger partial charge in [-0.2, -0.15) is 0 Å². The molecule has 0 fully saturated rings. The highest BCUT2D eigenvalue weighted by Gasteiger charge is 2.19. The molecular formula is C3H4N2O5. The number of aliphatic carboxylic acids is 1. The highest BCUT2D eigenvalue weighted by Crippen LogP contribution is 1.76. The summed E-state index contributed by atoms with van der Waals surface area (Å²) in [6, 6.07) is 0. The van der Waals surface area contributed by atoms with Gasteiger partial charge in [-0.15, -0.1) is 0 Å². The number of nitrogens with one attached hydrogen (secondary N) is 1. The van der Waals surface area contributed by atoms with Crippen LogP contribution in [0.15, 0.2) is 5.16 Å². The fraction of sp³-hybridized carbons (Fsp3) is 0. The topological polar surface area (TPSA) is 119 Å². The van der Waals surface area contributed by atoms with Gasteiger partial charge in [0.1, 0.15) is 0 Å². The van der Waals surface area contributed by atoms with Crippen LogP contribution in [0.4, 0.5) is 0 Å². The van der Waals surface area contributed by atoms with Crippen LogP contribution in [0.5, 0.6) is 0 Å². The maximum Gasteiger partial charge on any atom is 0.363 e. The summed E-state index contributed by atoms with van der Waals surface area (Å²) in [6.45, 7) is 0. The second-order valence-corrected chi connectivity index (χ2v) is 1.19. The number of hydrogen-bond donors (Lipinski definition) is 4. The Balaban J connectivity index is 4.39. The number of hydroxylamine groups is 1. The van der Waals surface area contributed by atoms with E-state index >= 15 is 0 Å². The number of nitrogens with zero attached hydrogens (tertiary/aromatic N) is 1. The van der Waals surface area contributed by atoms with Gasteiger partial charge in [0.05, 0.1) is 0 Å². The molecule has 0 saturated carbocycles. The zero-order valence-corrected chi connectivity index (χ0v) is 4.61. The molecule has 0 rings (SSSR count). The molecule has 56 valence electrons. The van der Waals surface area contributed by atoms with Gasteiger partial charge in [0.25, 0.3) is 5.71 Å². The molecule has 0 aliphatic heterocycles. The molecule has 10 heavy (non-hydrogen) atoms. The van der Waals surface area contributed by atoms with Crippen molar-refractivity contribution in [3.05, 3.63) is 0 Å². The summed E-state index contributed by atoms with van der Waals surface area (Å²) in [5, 5.41) is 25.8. The predicted octanol–water partition coefficient (Wildman–Crippen LogP) is -1.59. The standard InChI is InChI=1S/C3H4N2O5/c6-2(5-10)1(4-9)3(7)8/h9-10H,(H,5,6)(H,7,8)/b4-1+. The van der Waals surface area contributed by atoms with Crippen molar-refractivity contribution < 1.29 is 25.1 Å². The van der Waals surface area contributed by atoms with Crippen LogP contribution in [0, 0.1) is 0 Å². The van der Waals surface area contributed by atoms with Crippen LogP contribution < -0.4 is 5.48 Å². The first-order valence-electron chi connectivity index (χ1n) is 2.03. The van der Waals surface area contributed by atoms with Crippen LogP contribution in [0.1, 0.15) is 0 Å². The number of carbonyl (C=O) groups excluding carboxylic acids is 1. The minimum Gasteiger partial charge on any atom is -0.476 e. The number of carboxylic acid groups (broad SMARTS) is 1. The second-order valence-electron chi connectivity index (χ2n) is 1.19. The van der Waals surface area contributed by atoms with Crippen LogP contribution in [-0.4, -0.2) is 33.1 Å². The van der Waals surface area contributed by atoms with Crippen molar-refractivity contribution >= 4 is 17.6 Å². The quantitative estimate of drug-likeness (QED) is 0.124. The van der Waals surface area contributed by atoms with Gasteiger partial charge in [0, 0.05) is 0 Å². The number of carbonyl (C=O) groups is 2. The molecule has 1 amide bonds. The summed E-state index contributed by atoms with van der Waals surface area (Å²) < 4.78 is 0. The van der Waals surface area contributed by atoms with E-state index in [2.05, 4.69) is 5.16 Å². The van der Waals surface area contributed by atoms with Gasteiger partial charge in [-0.1, -0.05) is 5.16 Å². The number of rotatable bonds is 2. The molecule has 0 aromatic heterocycles. The Labute approximate surface area is 54.5 Å². The van der Waals surface area contributed by atoms with Crippen molar-refractivity contribution in [2.75, 3.05) is 0 Å². The molecule has 0 saturated heterocycles. The van der Waals surface area contributed by atoms with E-state index in [-0.39, 0.29) is 0 Å². The minimum absolute atomic E-state index is 0.987. The lowest BCUT2D eigenvalue weighted by molar-refractivity contribution is -0.132. The van der Waals surface area contributed by atoms with Gasteiger partial charge in [-0.05, 0) is 0 Å². The largest absolute Gasteiger partial charge is 0.476 e. The van der Waals surface area contributed by atoms with E-state index < -0.39 is 17.6 Å². The third kappa shape index (κ3) is 1.71. The molecule has 0 aliphatic carbocycles. The number of carboxylic acids is 1. The molecule has 0 radical (unpaired) electrons.